The standard InChI is InChI=1S/C18H25N5O2.ClH/c1-11-9-15(18(25)23(11)12-5-3-2-4-6-12)20-17(24)16-13-10-19-8-7-14(13)21-22-16;/h2-6,11,13-16,19,21-22H,7-10H2,1H3,(H,20,24);1H. The summed E-state index contributed by atoms with van der Waals surface area (Å²) in [5.41, 5.74) is 7.22. The summed E-state index contributed by atoms with van der Waals surface area (Å²) in [5, 5.41) is 6.32. The van der Waals surface area contributed by atoms with E-state index >= 15 is 0 Å². The summed E-state index contributed by atoms with van der Waals surface area (Å²) in [7, 11) is 0. The molecule has 26 heavy (non-hydrogen) atoms. The van der Waals surface area contributed by atoms with E-state index in [1.807, 2.05) is 37.3 Å². The Kier molecular flexibility index (Phi) is 5.82. The third-order valence-corrected chi connectivity index (χ3v) is 5.57. The normalized spacial score (nSPS) is 33.5. The van der Waals surface area contributed by atoms with Crippen LogP contribution in [0.4, 0.5) is 5.69 Å². The first-order valence-corrected chi connectivity index (χ1v) is 9.05. The number of fused-ring (bicyclic) bond motifs is 1. The van der Waals surface area contributed by atoms with Crippen LogP contribution in [-0.4, -0.2) is 49.1 Å². The Labute approximate surface area is 159 Å². The van der Waals surface area contributed by atoms with Gasteiger partial charge in [-0.1, -0.05) is 18.2 Å². The summed E-state index contributed by atoms with van der Waals surface area (Å²) in [5.74, 6) is 0.0911. The number of benzene rings is 1. The Balaban J connectivity index is 0.00000196. The van der Waals surface area contributed by atoms with Crippen molar-refractivity contribution >= 4 is 29.9 Å². The second-order valence-corrected chi connectivity index (χ2v) is 7.22. The summed E-state index contributed by atoms with van der Waals surface area (Å²) in [4.78, 5) is 27.3. The van der Waals surface area contributed by atoms with Gasteiger partial charge < -0.3 is 15.5 Å². The lowest BCUT2D eigenvalue weighted by Gasteiger charge is -2.28. The highest BCUT2D eigenvalue weighted by Crippen LogP contribution is 2.27. The van der Waals surface area contributed by atoms with E-state index < -0.39 is 6.04 Å². The van der Waals surface area contributed by atoms with Gasteiger partial charge in [0.1, 0.15) is 12.1 Å². The van der Waals surface area contributed by atoms with Crippen molar-refractivity contribution in [2.45, 2.75) is 43.9 Å². The molecular weight excluding hydrogens is 354 g/mol. The van der Waals surface area contributed by atoms with Gasteiger partial charge in [-0.05, 0) is 38.4 Å². The average molecular weight is 380 g/mol. The summed E-state index contributed by atoms with van der Waals surface area (Å²) >= 11 is 0. The molecule has 3 fully saturated rings. The Morgan fingerprint density at radius 2 is 2.00 bits per heavy atom. The van der Waals surface area contributed by atoms with Crippen LogP contribution in [0.25, 0.3) is 0 Å². The fourth-order valence-electron chi connectivity index (χ4n) is 4.26. The number of nitrogens with one attached hydrogen (secondary N) is 4. The summed E-state index contributed by atoms with van der Waals surface area (Å²) < 4.78 is 0. The lowest BCUT2D eigenvalue weighted by molar-refractivity contribution is -0.128. The van der Waals surface area contributed by atoms with Gasteiger partial charge in [0.15, 0.2) is 0 Å². The Morgan fingerprint density at radius 3 is 2.77 bits per heavy atom. The van der Waals surface area contributed by atoms with Crippen molar-refractivity contribution in [1.82, 2.24) is 21.5 Å². The zero-order valence-electron chi connectivity index (χ0n) is 14.8. The molecule has 142 valence electrons. The van der Waals surface area contributed by atoms with Crippen molar-refractivity contribution in [2.75, 3.05) is 18.0 Å². The first-order chi connectivity index (χ1) is 12.1. The zero-order chi connectivity index (χ0) is 17.4. The maximum Gasteiger partial charge on any atom is 0.249 e. The molecule has 0 bridgehead atoms. The van der Waals surface area contributed by atoms with Crippen molar-refractivity contribution in [3.63, 3.8) is 0 Å². The maximum atomic E-state index is 12.8. The second-order valence-electron chi connectivity index (χ2n) is 7.22. The highest BCUT2D eigenvalue weighted by Gasteiger charge is 2.44. The van der Waals surface area contributed by atoms with Gasteiger partial charge in [0, 0.05) is 30.2 Å². The summed E-state index contributed by atoms with van der Waals surface area (Å²) in [6.45, 7) is 3.80. The molecule has 5 unspecified atom stereocenters. The minimum absolute atomic E-state index is 0. The number of anilines is 1. The van der Waals surface area contributed by atoms with E-state index in [-0.39, 0.29) is 42.2 Å². The average Bonchev–Trinajstić information content (AvgIpc) is 3.17. The largest absolute Gasteiger partial charge is 0.343 e. The van der Waals surface area contributed by atoms with Crippen LogP contribution in [-0.2, 0) is 9.59 Å². The molecule has 4 rings (SSSR count). The predicted molar refractivity (Wildman–Crippen MR) is 102 cm³/mol. The maximum absolute atomic E-state index is 12.8. The summed E-state index contributed by atoms with van der Waals surface area (Å²) in [6, 6.07) is 9.26. The van der Waals surface area contributed by atoms with Crippen LogP contribution < -0.4 is 26.4 Å². The van der Waals surface area contributed by atoms with E-state index in [1.165, 1.54) is 0 Å². The third kappa shape index (κ3) is 3.44. The van der Waals surface area contributed by atoms with E-state index in [9.17, 15) is 9.59 Å². The number of hydrogen-bond acceptors (Lipinski definition) is 5. The molecular formula is C18H26ClN5O2. The van der Waals surface area contributed by atoms with Gasteiger partial charge in [-0.15, -0.1) is 12.4 Å². The van der Waals surface area contributed by atoms with Crippen LogP contribution in [0, 0.1) is 5.92 Å². The van der Waals surface area contributed by atoms with Gasteiger partial charge in [-0.25, -0.2) is 5.43 Å². The molecule has 3 aliphatic rings. The van der Waals surface area contributed by atoms with Gasteiger partial charge >= 0.3 is 0 Å². The Bertz CT molecular complexity index is 658. The van der Waals surface area contributed by atoms with Crippen LogP contribution in [0.1, 0.15) is 19.8 Å². The SMILES string of the molecule is CC1CC(NC(=O)C2NNC3CCNCC32)C(=O)N1c1ccccc1.Cl. The quantitative estimate of drug-likeness (QED) is 0.601. The van der Waals surface area contributed by atoms with Crippen molar-refractivity contribution in [3.8, 4) is 0 Å². The topological polar surface area (TPSA) is 85.5 Å². The van der Waals surface area contributed by atoms with Crippen LogP contribution in [0.2, 0.25) is 0 Å². The monoisotopic (exact) mass is 379 g/mol. The van der Waals surface area contributed by atoms with E-state index in [1.54, 1.807) is 4.90 Å². The first-order valence-electron chi connectivity index (χ1n) is 9.05. The van der Waals surface area contributed by atoms with Crippen molar-refractivity contribution in [1.29, 1.82) is 0 Å². The third-order valence-electron chi connectivity index (χ3n) is 5.57. The number of para-hydroxylation sites is 1. The minimum atomic E-state index is -0.458. The van der Waals surface area contributed by atoms with E-state index in [0.29, 0.717) is 12.5 Å². The fraction of sp³-hybridized carbons (Fsp3) is 0.556. The molecule has 0 aromatic heterocycles. The molecule has 1 aromatic rings. The molecule has 0 spiro atoms. The molecule has 3 aliphatic heterocycles. The number of carbonyl (C=O) groups excluding carboxylic acids is 2. The van der Waals surface area contributed by atoms with Crippen molar-refractivity contribution in [3.05, 3.63) is 30.3 Å². The van der Waals surface area contributed by atoms with Gasteiger partial charge in [0.2, 0.25) is 11.8 Å². The highest BCUT2D eigenvalue weighted by molar-refractivity contribution is 6.02. The van der Waals surface area contributed by atoms with Gasteiger partial charge in [-0.3, -0.25) is 15.0 Å². The lowest BCUT2D eigenvalue weighted by atomic mass is 9.89. The number of hydrogen-bond donors (Lipinski definition) is 4. The molecule has 0 aliphatic carbocycles. The van der Waals surface area contributed by atoms with Crippen LogP contribution in [0.15, 0.2) is 30.3 Å². The van der Waals surface area contributed by atoms with Crippen molar-refractivity contribution < 1.29 is 9.59 Å². The van der Waals surface area contributed by atoms with Crippen LogP contribution in [0.5, 0.6) is 0 Å². The molecule has 5 atom stereocenters. The molecule has 4 N–H and O–H groups in total. The van der Waals surface area contributed by atoms with Gasteiger partial charge in [0.05, 0.1) is 0 Å². The first kappa shape index (κ1) is 19.1. The molecule has 2 amide bonds. The lowest BCUT2D eigenvalue weighted by Crippen LogP contribution is -2.53. The Morgan fingerprint density at radius 1 is 1.23 bits per heavy atom. The number of rotatable bonds is 3. The molecule has 7 nitrogen and oxygen atoms in total. The van der Waals surface area contributed by atoms with E-state index in [4.69, 9.17) is 0 Å². The van der Waals surface area contributed by atoms with Crippen molar-refractivity contribution in [2.24, 2.45) is 5.92 Å². The zero-order valence-corrected chi connectivity index (χ0v) is 15.6. The fourth-order valence-corrected chi connectivity index (χ4v) is 4.26. The number of halogens is 1. The number of nitrogens with zero attached hydrogens (tertiary/aromatic N) is 1. The number of carbonyl (C=O) groups is 2. The molecule has 3 heterocycles. The Hall–Kier alpha value is -1.67. The second kappa shape index (κ2) is 7.92. The molecule has 8 heteroatoms. The van der Waals surface area contributed by atoms with E-state index in [2.05, 4.69) is 21.5 Å². The molecule has 0 saturated carbocycles. The molecule has 3 saturated heterocycles. The smallest absolute Gasteiger partial charge is 0.249 e. The number of hydrazine groups is 1. The minimum Gasteiger partial charge on any atom is -0.343 e. The highest BCUT2D eigenvalue weighted by atomic mass is 35.5. The van der Waals surface area contributed by atoms with Gasteiger partial charge in [-0.2, -0.15) is 0 Å². The van der Waals surface area contributed by atoms with E-state index in [0.717, 1.165) is 25.2 Å². The van der Waals surface area contributed by atoms with Crippen LogP contribution >= 0.6 is 12.4 Å². The molecule has 1 aromatic carbocycles. The predicted octanol–water partition coefficient (Wildman–Crippen LogP) is 0.173. The number of amides is 2. The molecule has 0 radical (unpaired) electrons. The van der Waals surface area contributed by atoms with Gasteiger partial charge in [0.25, 0.3) is 0 Å². The summed E-state index contributed by atoms with van der Waals surface area (Å²) in [6.07, 6.45) is 1.63. The number of piperidine rings is 1. The van der Waals surface area contributed by atoms with Crippen LogP contribution in [0.3, 0.4) is 0 Å².